The topological polar surface area (TPSA) is 96.2 Å². The van der Waals surface area contributed by atoms with E-state index in [9.17, 15) is 9.90 Å². The van der Waals surface area contributed by atoms with Crippen LogP contribution in [-0.4, -0.2) is 41.5 Å². The number of aliphatic hydroxyl groups excluding tert-OH is 1. The molecule has 0 aliphatic carbocycles. The summed E-state index contributed by atoms with van der Waals surface area (Å²) in [6.45, 7) is 1.64. The first-order valence-electron chi connectivity index (χ1n) is 4.75. The average molecular weight is 220 g/mol. The van der Waals surface area contributed by atoms with Crippen LogP contribution in [0, 0.1) is 0 Å². The third kappa shape index (κ3) is 7.32. The molecule has 0 bridgehead atoms. The van der Waals surface area contributed by atoms with Crippen molar-refractivity contribution in [2.24, 2.45) is 0 Å². The van der Waals surface area contributed by atoms with Crippen LogP contribution < -0.4 is 0 Å². The maximum absolute atomic E-state index is 10.8. The highest BCUT2D eigenvalue weighted by Crippen LogP contribution is 2.16. The summed E-state index contributed by atoms with van der Waals surface area (Å²) in [6, 6.07) is 0. The van der Waals surface area contributed by atoms with Gasteiger partial charge in [0.2, 0.25) is 0 Å². The molecular weight excluding hydrogens is 203 g/mol. The summed E-state index contributed by atoms with van der Waals surface area (Å²) in [5.41, 5.74) is 0. The van der Waals surface area contributed by atoms with Crippen molar-refractivity contribution < 1.29 is 29.7 Å². The van der Waals surface area contributed by atoms with E-state index in [2.05, 4.69) is 9.78 Å². The van der Waals surface area contributed by atoms with Gasteiger partial charge in [-0.25, -0.2) is 4.79 Å². The summed E-state index contributed by atoms with van der Waals surface area (Å²) in [5, 5.41) is 26.9. The molecule has 0 spiro atoms. The van der Waals surface area contributed by atoms with Crippen LogP contribution in [0.3, 0.4) is 0 Å². The predicted molar refractivity (Wildman–Crippen MR) is 52.6 cm³/mol. The molecule has 0 amide bonds. The second-order valence-electron chi connectivity index (χ2n) is 3.45. The van der Waals surface area contributed by atoms with Crippen molar-refractivity contribution in [1.29, 1.82) is 0 Å². The van der Waals surface area contributed by atoms with Crippen molar-refractivity contribution in [3.05, 3.63) is 0 Å². The van der Waals surface area contributed by atoms with Crippen LogP contribution in [0.25, 0.3) is 0 Å². The van der Waals surface area contributed by atoms with Gasteiger partial charge in [-0.15, -0.1) is 0 Å². The molecule has 1 unspecified atom stereocenters. The second-order valence-corrected chi connectivity index (χ2v) is 3.45. The van der Waals surface area contributed by atoms with Crippen LogP contribution in [0.5, 0.6) is 0 Å². The van der Waals surface area contributed by atoms with Gasteiger partial charge in [-0.3, -0.25) is 4.89 Å². The lowest BCUT2D eigenvalue weighted by Gasteiger charge is -2.12. The fourth-order valence-electron chi connectivity index (χ4n) is 1.03. The quantitative estimate of drug-likeness (QED) is 0.303. The Labute approximate surface area is 88.9 Å². The molecule has 0 heterocycles. The summed E-state index contributed by atoms with van der Waals surface area (Å²) in [4.78, 5) is 19.1. The molecule has 7 heteroatoms. The van der Waals surface area contributed by atoms with Gasteiger partial charge < -0.3 is 15.2 Å². The van der Waals surface area contributed by atoms with E-state index in [1.54, 1.807) is 6.92 Å². The minimum absolute atomic E-state index is 0.165. The maximum atomic E-state index is 10.8. The lowest BCUT2D eigenvalue weighted by Crippen LogP contribution is -2.21. The van der Waals surface area contributed by atoms with Crippen molar-refractivity contribution in [1.82, 2.24) is 0 Å². The fourth-order valence-corrected chi connectivity index (χ4v) is 1.03. The van der Waals surface area contributed by atoms with Crippen molar-refractivity contribution >= 4 is 13.1 Å². The van der Waals surface area contributed by atoms with Gasteiger partial charge >= 0.3 is 13.1 Å². The van der Waals surface area contributed by atoms with Crippen LogP contribution in [-0.2, 0) is 14.6 Å². The molecular formula is C8H17BO6. The molecule has 6 nitrogen and oxygen atoms in total. The zero-order valence-electron chi connectivity index (χ0n) is 8.92. The van der Waals surface area contributed by atoms with E-state index in [0.717, 1.165) is 0 Å². The van der Waals surface area contributed by atoms with Crippen molar-refractivity contribution in [3.63, 3.8) is 0 Å². The summed E-state index contributed by atoms with van der Waals surface area (Å²) in [7, 11) is -0.197. The zero-order valence-corrected chi connectivity index (χ0v) is 8.92. The predicted octanol–water partition coefficient (Wildman–Crippen LogP) is -0.515. The first kappa shape index (κ1) is 14.4. The Morgan fingerprint density at radius 2 is 2.00 bits per heavy atom. The number of hydrogen-bond donors (Lipinski definition) is 3. The molecule has 0 aromatic carbocycles. The van der Waals surface area contributed by atoms with E-state index in [1.807, 2.05) is 0 Å². The standard InChI is InChI=1S/C8H17BO6/c1-6(9(12)13)3-4-7(10)5-8(11)15-14-2/h6-7,10,12-13H,3-5H2,1-2H3/t6-,7?/m0/s1. The Kier molecular flexibility index (Phi) is 7.32. The molecule has 88 valence electrons. The van der Waals surface area contributed by atoms with E-state index < -0.39 is 19.2 Å². The van der Waals surface area contributed by atoms with Crippen LogP contribution >= 0.6 is 0 Å². The van der Waals surface area contributed by atoms with Gasteiger partial charge in [-0.2, -0.15) is 4.89 Å². The lowest BCUT2D eigenvalue weighted by molar-refractivity contribution is -0.256. The average Bonchev–Trinajstić information content (AvgIpc) is 2.14. The third-order valence-corrected chi connectivity index (χ3v) is 2.04. The summed E-state index contributed by atoms with van der Waals surface area (Å²) in [5.74, 6) is -0.986. The smallest absolute Gasteiger partial charge is 0.427 e. The fraction of sp³-hybridized carbons (Fsp3) is 0.875. The normalized spacial score (nSPS) is 14.5. The van der Waals surface area contributed by atoms with Crippen molar-refractivity contribution in [3.8, 4) is 0 Å². The van der Waals surface area contributed by atoms with Gasteiger partial charge in [0.1, 0.15) is 0 Å². The number of carbonyl (C=O) groups excluding carboxylic acids is 1. The molecule has 0 fully saturated rings. The second kappa shape index (κ2) is 7.64. The highest BCUT2D eigenvalue weighted by molar-refractivity contribution is 6.42. The SMILES string of the molecule is COOC(=O)CC(O)CC[C@H](C)B(O)O. The minimum Gasteiger partial charge on any atom is -0.427 e. The van der Waals surface area contributed by atoms with Crippen LogP contribution in [0.1, 0.15) is 26.2 Å². The largest absolute Gasteiger partial charge is 0.454 e. The summed E-state index contributed by atoms with van der Waals surface area (Å²) >= 11 is 0. The Morgan fingerprint density at radius 3 is 2.47 bits per heavy atom. The first-order chi connectivity index (χ1) is 6.97. The molecule has 0 saturated carbocycles. The van der Waals surface area contributed by atoms with E-state index >= 15 is 0 Å². The third-order valence-electron chi connectivity index (χ3n) is 2.04. The molecule has 2 atom stereocenters. The molecule has 0 aliphatic rings. The Morgan fingerprint density at radius 1 is 1.40 bits per heavy atom. The number of aliphatic hydroxyl groups is 1. The molecule has 0 radical (unpaired) electrons. The van der Waals surface area contributed by atoms with Crippen LogP contribution in [0.2, 0.25) is 5.82 Å². The van der Waals surface area contributed by atoms with Gasteiger partial charge in [-0.1, -0.05) is 6.92 Å². The molecule has 3 N–H and O–H groups in total. The summed E-state index contributed by atoms with van der Waals surface area (Å²) in [6.07, 6.45) is -0.299. The van der Waals surface area contributed by atoms with E-state index in [1.165, 1.54) is 7.11 Å². The Balaban J connectivity index is 3.65. The molecule has 0 aromatic heterocycles. The van der Waals surface area contributed by atoms with E-state index in [4.69, 9.17) is 10.0 Å². The molecule has 0 aliphatic heterocycles. The minimum atomic E-state index is -1.40. The highest BCUT2D eigenvalue weighted by atomic mass is 17.2. The molecule has 0 aromatic rings. The number of rotatable bonds is 7. The lowest BCUT2D eigenvalue weighted by atomic mass is 9.71. The van der Waals surface area contributed by atoms with E-state index in [-0.39, 0.29) is 12.2 Å². The molecule has 0 saturated heterocycles. The van der Waals surface area contributed by atoms with Gasteiger partial charge in [0.15, 0.2) is 0 Å². The molecule has 15 heavy (non-hydrogen) atoms. The van der Waals surface area contributed by atoms with Gasteiger partial charge in [-0.05, 0) is 18.7 Å². The highest BCUT2D eigenvalue weighted by Gasteiger charge is 2.20. The number of carbonyl (C=O) groups is 1. The summed E-state index contributed by atoms with van der Waals surface area (Å²) < 4.78 is 0. The Hall–Kier alpha value is -0.625. The Bertz CT molecular complexity index is 186. The van der Waals surface area contributed by atoms with E-state index in [0.29, 0.717) is 12.8 Å². The first-order valence-corrected chi connectivity index (χ1v) is 4.75. The van der Waals surface area contributed by atoms with Gasteiger partial charge in [0, 0.05) is 0 Å². The van der Waals surface area contributed by atoms with Crippen LogP contribution in [0.15, 0.2) is 0 Å². The van der Waals surface area contributed by atoms with Crippen molar-refractivity contribution in [2.45, 2.75) is 38.1 Å². The number of hydrogen-bond acceptors (Lipinski definition) is 6. The van der Waals surface area contributed by atoms with Gasteiger partial charge in [0.25, 0.3) is 0 Å². The monoisotopic (exact) mass is 220 g/mol. The molecule has 0 rings (SSSR count). The maximum Gasteiger partial charge on any atom is 0.454 e. The zero-order chi connectivity index (χ0) is 11.8. The van der Waals surface area contributed by atoms with Crippen molar-refractivity contribution in [2.75, 3.05) is 7.11 Å². The van der Waals surface area contributed by atoms with Crippen LogP contribution in [0.4, 0.5) is 0 Å². The van der Waals surface area contributed by atoms with Gasteiger partial charge in [0.05, 0.1) is 19.6 Å².